The first-order valence-corrected chi connectivity index (χ1v) is 5.71. The Morgan fingerprint density at radius 2 is 2.11 bits per heavy atom. The minimum absolute atomic E-state index is 0.0154. The molecule has 1 atom stereocenters. The van der Waals surface area contributed by atoms with Crippen molar-refractivity contribution in [1.29, 1.82) is 0 Å². The van der Waals surface area contributed by atoms with Crippen LogP contribution in [0.2, 0.25) is 5.02 Å². The molecule has 0 aliphatic rings. The first kappa shape index (κ1) is 12.5. The van der Waals surface area contributed by atoms with Gasteiger partial charge in [0.25, 0.3) is 0 Å². The maximum absolute atomic E-state index is 10.9. The molecule has 6 nitrogen and oxygen atoms in total. The van der Waals surface area contributed by atoms with Crippen LogP contribution in [-0.2, 0) is 11.3 Å². The smallest absolute Gasteiger partial charge is 0.304 e. The number of rotatable bonds is 5. The summed E-state index contributed by atoms with van der Waals surface area (Å²) in [6, 6.07) is 7.12. The molecule has 1 N–H and O–H groups in total. The normalized spacial score (nSPS) is 12.3. The minimum Gasteiger partial charge on any atom is -0.481 e. The fraction of sp³-hybridized carbons (Fsp3) is 0.273. The van der Waals surface area contributed by atoms with Gasteiger partial charge in [0, 0.05) is 10.9 Å². The van der Waals surface area contributed by atoms with E-state index in [-0.39, 0.29) is 12.3 Å². The van der Waals surface area contributed by atoms with Crippen LogP contribution in [0.1, 0.15) is 17.9 Å². The number of carbonyl (C=O) groups is 1. The number of aliphatic carboxylic acids is 1. The van der Waals surface area contributed by atoms with E-state index in [1.165, 1.54) is 11.0 Å². The summed E-state index contributed by atoms with van der Waals surface area (Å²) in [4.78, 5) is 10.9. The lowest BCUT2D eigenvalue weighted by molar-refractivity contribution is -0.137. The van der Waals surface area contributed by atoms with E-state index in [4.69, 9.17) is 16.7 Å². The number of hydrogen-bond acceptors (Lipinski definition) is 4. The van der Waals surface area contributed by atoms with Gasteiger partial charge in [0.15, 0.2) is 0 Å². The second-order valence-electron chi connectivity index (χ2n) is 3.88. The molecule has 2 rings (SSSR count). The van der Waals surface area contributed by atoms with Crippen LogP contribution in [0.3, 0.4) is 0 Å². The average Bonchev–Trinajstić information content (AvgIpc) is 2.81. The number of tetrazole rings is 1. The van der Waals surface area contributed by atoms with Crippen LogP contribution in [-0.4, -0.2) is 31.3 Å². The van der Waals surface area contributed by atoms with Crippen LogP contribution in [0.4, 0.5) is 0 Å². The van der Waals surface area contributed by atoms with Gasteiger partial charge in [0.1, 0.15) is 6.33 Å². The molecule has 94 valence electrons. The Morgan fingerprint density at radius 1 is 1.39 bits per heavy atom. The van der Waals surface area contributed by atoms with Crippen LogP contribution in [0, 0.1) is 0 Å². The van der Waals surface area contributed by atoms with Gasteiger partial charge in [-0.1, -0.05) is 23.7 Å². The van der Waals surface area contributed by atoms with Gasteiger partial charge >= 0.3 is 5.97 Å². The molecular formula is C11H11ClN4O2. The summed E-state index contributed by atoms with van der Waals surface area (Å²) in [5.41, 5.74) is 0.900. The molecule has 0 spiro atoms. The van der Waals surface area contributed by atoms with E-state index in [0.717, 1.165) is 5.56 Å². The van der Waals surface area contributed by atoms with Crippen LogP contribution in [0.25, 0.3) is 0 Å². The van der Waals surface area contributed by atoms with E-state index in [9.17, 15) is 4.79 Å². The van der Waals surface area contributed by atoms with Crippen molar-refractivity contribution in [2.24, 2.45) is 0 Å². The van der Waals surface area contributed by atoms with Crippen molar-refractivity contribution in [1.82, 2.24) is 20.2 Å². The number of carboxylic acids is 1. The zero-order valence-corrected chi connectivity index (χ0v) is 10.2. The lowest BCUT2D eigenvalue weighted by atomic mass is 9.96. The summed E-state index contributed by atoms with van der Waals surface area (Å²) >= 11 is 5.81. The Labute approximate surface area is 108 Å². The lowest BCUT2D eigenvalue weighted by Crippen LogP contribution is -2.14. The topological polar surface area (TPSA) is 80.9 Å². The summed E-state index contributed by atoms with van der Waals surface area (Å²) in [5, 5.41) is 20.4. The number of carboxylic acid groups (broad SMARTS) is 1. The van der Waals surface area contributed by atoms with Crippen molar-refractivity contribution >= 4 is 17.6 Å². The van der Waals surface area contributed by atoms with Crippen molar-refractivity contribution in [3.8, 4) is 0 Å². The van der Waals surface area contributed by atoms with E-state index in [2.05, 4.69) is 15.5 Å². The number of aromatic nitrogens is 4. The molecule has 0 bridgehead atoms. The molecule has 1 aromatic carbocycles. The SMILES string of the molecule is O=C(O)CC(Cn1cnnn1)c1ccc(Cl)cc1. The van der Waals surface area contributed by atoms with Crippen LogP contribution >= 0.6 is 11.6 Å². The van der Waals surface area contributed by atoms with Crippen LogP contribution in [0.15, 0.2) is 30.6 Å². The molecule has 18 heavy (non-hydrogen) atoms. The van der Waals surface area contributed by atoms with Crippen LogP contribution < -0.4 is 0 Å². The Hall–Kier alpha value is -1.95. The van der Waals surface area contributed by atoms with Crippen molar-refractivity contribution in [3.05, 3.63) is 41.2 Å². The number of hydrogen-bond donors (Lipinski definition) is 1. The third kappa shape index (κ3) is 3.27. The maximum Gasteiger partial charge on any atom is 0.304 e. The quantitative estimate of drug-likeness (QED) is 0.889. The molecule has 0 saturated carbocycles. The Kier molecular flexibility index (Phi) is 3.88. The average molecular weight is 267 g/mol. The number of halogens is 1. The molecule has 0 fully saturated rings. The molecule has 1 aromatic heterocycles. The Balaban J connectivity index is 2.19. The van der Waals surface area contributed by atoms with E-state index in [0.29, 0.717) is 11.6 Å². The molecule has 0 amide bonds. The van der Waals surface area contributed by atoms with Gasteiger partial charge in [0.05, 0.1) is 13.0 Å². The van der Waals surface area contributed by atoms with Crippen molar-refractivity contribution in [2.75, 3.05) is 0 Å². The second kappa shape index (κ2) is 5.59. The zero-order chi connectivity index (χ0) is 13.0. The fourth-order valence-corrected chi connectivity index (χ4v) is 1.85. The minimum atomic E-state index is -0.858. The van der Waals surface area contributed by atoms with Crippen molar-refractivity contribution in [3.63, 3.8) is 0 Å². The van der Waals surface area contributed by atoms with Crippen molar-refractivity contribution < 1.29 is 9.90 Å². The largest absolute Gasteiger partial charge is 0.481 e. The van der Waals surface area contributed by atoms with E-state index in [1.807, 2.05) is 12.1 Å². The predicted octanol–water partition coefficient (Wildman–Crippen LogP) is 1.58. The van der Waals surface area contributed by atoms with E-state index >= 15 is 0 Å². The summed E-state index contributed by atoms with van der Waals surface area (Å²) in [6.45, 7) is 0.418. The molecule has 7 heteroatoms. The lowest BCUT2D eigenvalue weighted by Gasteiger charge is -2.14. The van der Waals surface area contributed by atoms with Gasteiger partial charge in [-0.15, -0.1) is 5.10 Å². The van der Waals surface area contributed by atoms with Gasteiger partial charge < -0.3 is 5.11 Å². The molecular weight excluding hydrogens is 256 g/mol. The third-order valence-corrected chi connectivity index (χ3v) is 2.81. The standard InChI is InChI=1S/C11H11ClN4O2/c12-10-3-1-8(2-4-10)9(5-11(17)18)6-16-7-13-14-15-16/h1-4,7,9H,5-6H2,(H,17,18). The van der Waals surface area contributed by atoms with Gasteiger partial charge in [-0.3, -0.25) is 4.79 Å². The Morgan fingerprint density at radius 3 is 2.67 bits per heavy atom. The maximum atomic E-state index is 10.9. The molecule has 0 radical (unpaired) electrons. The summed E-state index contributed by atoms with van der Waals surface area (Å²) in [7, 11) is 0. The highest BCUT2D eigenvalue weighted by Gasteiger charge is 2.16. The zero-order valence-electron chi connectivity index (χ0n) is 9.40. The Bertz CT molecular complexity index is 512. The predicted molar refractivity (Wildman–Crippen MR) is 64.3 cm³/mol. The molecule has 0 aliphatic carbocycles. The number of benzene rings is 1. The van der Waals surface area contributed by atoms with Gasteiger partial charge in [-0.05, 0) is 28.1 Å². The highest BCUT2D eigenvalue weighted by Crippen LogP contribution is 2.23. The van der Waals surface area contributed by atoms with Gasteiger partial charge in [-0.25, -0.2) is 4.68 Å². The fourth-order valence-electron chi connectivity index (χ4n) is 1.72. The van der Waals surface area contributed by atoms with Crippen LogP contribution in [0.5, 0.6) is 0 Å². The summed E-state index contributed by atoms with van der Waals surface area (Å²) in [6.07, 6.45) is 1.48. The molecule has 2 aromatic rings. The van der Waals surface area contributed by atoms with E-state index < -0.39 is 5.97 Å². The van der Waals surface area contributed by atoms with Crippen molar-refractivity contribution in [2.45, 2.75) is 18.9 Å². The molecule has 0 aliphatic heterocycles. The van der Waals surface area contributed by atoms with Gasteiger partial charge in [0.2, 0.25) is 0 Å². The summed E-state index contributed by atoms with van der Waals surface area (Å²) < 4.78 is 1.52. The summed E-state index contributed by atoms with van der Waals surface area (Å²) in [5.74, 6) is -1.05. The van der Waals surface area contributed by atoms with E-state index in [1.54, 1.807) is 12.1 Å². The molecule has 1 unspecified atom stereocenters. The van der Waals surface area contributed by atoms with Gasteiger partial charge in [-0.2, -0.15) is 0 Å². The highest BCUT2D eigenvalue weighted by atomic mass is 35.5. The monoisotopic (exact) mass is 266 g/mol. The molecule has 1 heterocycles. The molecule has 0 saturated heterocycles. The highest BCUT2D eigenvalue weighted by molar-refractivity contribution is 6.30. The third-order valence-electron chi connectivity index (χ3n) is 2.56. The first-order valence-electron chi connectivity index (χ1n) is 5.33. The second-order valence-corrected chi connectivity index (χ2v) is 4.31. The first-order chi connectivity index (χ1) is 8.65. The number of nitrogens with zero attached hydrogens (tertiary/aromatic N) is 4.